The van der Waals surface area contributed by atoms with Gasteiger partial charge in [-0.1, -0.05) is 44.2 Å². The minimum Gasteiger partial charge on any atom is -0.397 e. The van der Waals surface area contributed by atoms with Crippen molar-refractivity contribution in [2.45, 2.75) is 56.2 Å². The molecule has 5 nitrogen and oxygen atoms in total. The SMILES string of the molecule is CCCCCCC(C)NC(=S)NS(=O)(=O)c1sc(Cl)cc1N. The molecule has 1 atom stereocenters. The number of nitrogen functional groups attached to an aromatic ring is 1. The summed E-state index contributed by atoms with van der Waals surface area (Å²) in [5, 5.41) is 3.06. The van der Waals surface area contributed by atoms with E-state index in [1.54, 1.807) is 0 Å². The molecule has 4 N–H and O–H groups in total. The molecule has 0 radical (unpaired) electrons. The average Bonchev–Trinajstić information content (AvgIpc) is 2.74. The number of thiophene rings is 1. The quantitative estimate of drug-likeness (QED) is 0.472. The lowest BCUT2D eigenvalue weighted by Gasteiger charge is -2.16. The molecule has 0 aliphatic heterocycles. The summed E-state index contributed by atoms with van der Waals surface area (Å²) in [7, 11) is -3.79. The highest BCUT2D eigenvalue weighted by Crippen LogP contribution is 2.32. The summed E-state index contributed by atoms with van der Waals surface area (Å²) in [6.07, 6.45) is 5.60. The average molecular weight is 384 g/mol. The lowest BCUT2D eigenvalue weighted by atomic mass is 10.1. The van der Waals surface area contributed by atoms with Gasteiger partial charge in [-0.15, -0.1) is 11.3 Å². The van der Waals surface area contributed by atoms with Crippen molar-refractivity contribution in [3.63, 3.8) is 0 Å². The second-order valence-electron chi connectivity index (χ2n) is 5.12. The van der Waals surface area contributed by atoms with E-state index in [4.69, 9.17) is 29.6 Å². The number of unbranched alkanes of at least 4 members (excludes halogenated alkanes) is 3. The maximum absolute atomic E-state index is 12.2. The predicted molar refractivity (Wildman–Crippen MR) is 98.0 cm³/mol. The molecule has 1 aromatic heterocycles. The minimum absolute atomic E-state index is 0.0164. The molecule has 1 rings (SSSR count). The van der Waals surface area contributed by atoms with Gasteiger partial charge in [-0.25, -0.2) is 8.42 Å². The summed E-state index contributed by atoms with van der Waals surface area (Å²) in [5.41, 5.74) is 5.76. The first kappa shape index (κ1) is 19.5. The molecule has 9 heteroatoms. The first-order valence-corrected chi connectivity index (χ1v) is 10.2. The number of rotatable bonds is 8. The van der Waals surface area contributed by atoms with Gasteiger partial charge in [0, 0.05) is 6.04 Å². The normalized spacial score (nSPS) is 12.9. The molecule has 22 heavy (non-hydrogen) atoms. The Morgan fingerprint density at radius 3 is 2.68 bits per heavy atom. The van der Waals surface area contributed by atoms with Crippen LogP contribution in [0.5, 0.6) is 0 Å². The number of nitrogens with one attached hydrogen (secondary N) is 2. The van der Waals surface area contributed by atoms with Crippen molar-refractivity contribution in [2.75, 3.05) is 5.73 Å². The van der Waals surface area contributed by atoms with E-state index >= 15 is 0 Å². The molecule has 0 aromatic carbocycles. The maximum atomic E-state index is 12.2. The van der Waals surface area contributed by atoms with Crippen molar-refractivity contribution in [1.82, 2.24) is 10.0 Å². The predicted octanol–water partition coefficient (Wildman–Crippen LogP) is 3.50. The summed E-state index contributed by atoms with van der Waals surface area (Å²) in [6.45, 7) is 4.14. The van der Waals surface area contributed by atoms with Crippen molar-refractivity contribution < 1.29 is 8.42 Å². The lowest BCUT2D eigenvalue weighted by molar-refractivity contribution is 0.542. The summed E-state index contributed by atoms with van der Waals surface area (Å²) in [5.74, 6) is 0. The van der Waals surface area contributed by atoms with E-state index < -0.39 is 10.0 Å². The third kappa shape index (κ3) is 6.28. The van der Waals surface area contributed by atoms with E-state index in [0.29, 0.717) is 4.34 Å². The van der Waals surface area contributed by atoms with Gasteiger partial charge in [0.15, 0.2) is 9.32 Å². The molecule has 126 valence electrons. The van der Waals surface area contributed by atoms with Crippen molar-refractivity contribution in [3.05, 3.63) is 10.4 Å². The van der Waals surface area contributed by atoms with Crippen LogP contribution in [0, 0.1) is 0 Å². The molecule has 0 saturated heterocycles. The molecule has 0 saturated carbocycles. The standard InChI is InChI=1S/C13H22ClN3O2S3/c1-3-4-5-6-7-9(2)16-13(20)17-22(18,19)12-10(15)8-11(14)21-12/h8-9H,3-7,15H2,1-2H3,(H2,16,17,20). The Balaban J connectivity index is 2.52. The van der Waals surface area contributed by atoms with Crippen LogP contribution in [0.4, 0.5) is 5.69 Å². The Labute approximate surface area is 146 Å². The fourth-order valence-corrected chi connectivity index (χ4v) is 5.09. The summed E-state index contributed by atoms with van der Waals surface area (Å²) >= 11 is 11.7. The Morgan fingerprint density at radius 1 is 1.45 bits per heavy atom. The number of thiocarbonyl (C=S) groups is 1. The van der Waals surface area contributed by atoms with E-state index in [1.807, 2.05) is 6.92 Å². The Kier molecular flexibility index (Phi) is 7.88. The fraction of sp³-hybridized carbons (Fsp3) is 0.615. The minimum atomic E-state index is -3.79. The van der Waals surface area contributed by atoms with Crippen LogP contribution in [0.2, 0.25) is 4.34 Å². The Bertz CT molecular complexity index is 602. The van der Waals surface area contributed by atoms with Gasteiger partial charge in [0.2, 0.25) is 0 Å². The largest absolute Gasteiger partial charge is 0.397 e. The number of sulfonamides is 1. The molecule has 1 unspecified atom stereocenters. The highest BCUT2D eigenvalue weighted by Gasteiger charge is 2.22. The van der Waals surface area contributed by atoms with Crippen LogP contribution in [0.1, 0.15) is 46.0 Å². The van der Waals surface area contributed by atoms with Gasteiger partial charge >= 0.3 is 0 Å². The van der Waals surface area contributed by atoms with Crippen LogP contribution in [-0.2, 0) is 10.0 Å². The zero-order chi connectivity index (χ0) is 16.8. The number of halogens is 1. The number of hydrogen-bond acceptors (Lipinski definition) is 5. The number of anilines is 1. The van der Waals surface area contributed by atoms with Gasteiger partial charge in [-0.05, 0) is 31.6 Å². The molecule has 0 bridgehead atoms. The van der Waals surface area contributed by atoms with Crippen LogP contribution < -0.4 is 15.8 Å². The third-order valence-electron chi connectivity index (χ3n) is 3.03. The van der Waals surface area contributed by atoms with Gasteiger partial charge < -0.3 is 11.1 Å². The second kappa shape index (κ2) is 8.90. The van der Waals surface area contributed by atoms with E-state index in [-0.39, 0.29) is 21.1 Å². The van der Waals surface area contributed by atoms with E-state index in [1.165, 1.54) is 25.3 Å². The second-order valence-corrected chi connectivity index (χ2v) is 9.09. The molecule has 0 amide bonds. The highest BCUT2D eigenvalue weighted by atomic mass is 35.5. The zero-order valence-corrected chi connectivity index (χ0v) is 15.9. The molecule has 1 heterocycles. The molecular formula is C13H22ClN3O2S3. The van der Waals surface area contributed by atoms with Crippen LogP contribution in [0.15, 0.2) is 10.3 Å². The van der Waals surface area contributed by atoms with E-state index in [2.05, 4.69) is 17.0 Å². The monoisotopic (exact) mass is 383 g/mol. The first-order chi connectivity index (χ1) is 10.3. The van der Waals surface area contributed by atoms with E-state index in [0.717, 1.165) is 24.2 Å². The molecule has 0 aliphatic rings. The van der Waals surface area contributed by atoms with Crippen LogP contribution in [0.3, 0.4) is 0 Å². The maximum Gasteiger partial charge on any atom is 0.275 e. The van der Waals surface area contributed by atoms with Crippen LogP contribution in [-0.4, -0.2) is 19.6 Å². The smallest absolute Gasteiger partial charge is 0.275 e. The molecule has 1 aromatic rings. The van der Waals surface area contributed by atoms with Gasteiger partial charge in [0.05, 0.1) is 10.0 Å². The van der Waals surface area contributed by atoms with Crippen molar-refractivity contribution >= 4 is 56.0 Å². The summed E-state index contributed by atoms with van der Waals surface area (Å²) in [4.78, 5) is 0. The van der Waals surface area contributed by atoms with Crippen molar-refractivity contribution in [2.24, 2.45) is 0 Å². The van der Waals surface area contributed by atoms with Gasteiger partial charge in [0.1, 0.15) is 0 Å². The van der Waals surface area contributed by atoms with Gasteiger partial charge in [-0.2, -0.15) is 0 Å². The molecule has 0 fully saturated rings. The molecule has 0 aliphatic carbocycles. The molecular weight excluding hydrogens is 362 g/mol. The fourth-order valence-electron chi connectivity index (χ4n) is 1.94. The van der Waals surface area contributed by atoms with Crippen molar-refractivity contribution in [1.29, 1.82) is 0 Å². The van der Waals surface area contributed by atoms with Crippen LogP contribution >= 0.6 is 35.2 Å². The number of hydrogen-bond donors (Lipinski definition) is 3. The summed E-state index contributed by atoms with van der Waals surface area (Å²) < 4.78 is 27.0. The lowest BCUT2D eigenvalue weighted by Crippen LogP contribution is -2.43. The first-order valence-electron chi connectivity index (χ1n) is 7.14. The van der Waals surface area contributed by atoms with Crippen LogP contribution in [0.25, 0.3) is 0 Å². The van der Waals surface area contributed by atoms with Crippen molar-refractivity contribution in [3.8, 4) is 0 Å². The van der Waals surface area contributed by atoms with Gasteiger partial charge in [0.25, 0.3) is 10.0 Å². The van der Waals surface area contributed by atoms with E-state index in [9.17, 15) is 8.42 Å². The number of nitrogens with two attached hydrogens (primary N) is 1. The zero-order valence-electron chi connectivity index (χ0n) is 12.7. The Hall–Kier alpha value is -0.570. The summed E-state index contributed by atoms with van der Waals surface area (Å²) in [6, 6.07) is 1.52. The topological polar surface area (TPSA) is 84.2 Å². The molecule has 0 spiro atoms. The highest BCUT2D eigenvalue weighted by molar-refractivity contribution is 7.93. The van der Waals surface area contributed by atoms with Gasteiger partial charge in [-0.3, -0.25) is 4.72 Å². The third-order valence-corrected chi connectivity index (χ3v) is 6.56. The Morgan fingerprint density at radius 2 is 2.14 bits per heavy atom.